The Bertz CT molecular complexity index is 893. The molecule has 0 bridgehead atoms. The summed E-state index contributed by atoms with van der Waals surface area (Å²) in [6.45, 7) is -3.19. The van der Waals surface area contributed by atoms with Gasteiger partial charge in [-0.3, -0.25) is 4.79 Å². The maximum absolute atomic E-state index is 13.7. The zero-order chi connectivity index (χ0) is 15.7. The van der Waals surface area contributed by atoms with Crippen LogP contribution in [0.2, 0.25) is 0 Å². The van der Waals surface area contributed by atoms with Gasteiger partial charge in [0.25, 0.3) is 5.56 Å². The van der Waals surface area contributed by atoms with Crippen LogP contribution in [0.1, 0.15) is 0 Å². The van der Waals surface area contributed by atoms with Gasteiger partial charge in [0.15, 0.2) is 11.6 Å². The number of rotatable bonds is 3. The molecule has 0 saturated heterocycles. The van der Waals surface area contributed by atoms with Gasteiger partial charge in [-0.1, -0.05) is 18.2 Å². The van der Waals surface area contributed by atoms with Crippen molar-refractivity contribution in [2.75, 3.05) is 0 Å². The highest BCUT2D eigenvalue weighted by atomic mass is 19.3. The van der Waals surface area contributed by atoms with Crippen LogP contribution in [0, 0.1) is 5.82 Å². The quantitative estimate of drug-likeness (QED) is 0.807. The first-order valence-corrected chi connectivity index (χ1v) is 6.29. The van der Waals surface area contributed by atoms with Gasteiger partial charge >= 0.3 is 6.61 Å². The summed E-state index contributed by atoms with van der Waals surface area (Å²) >= 11 is 0. The number of nitrogens with zero attached hydrogens (tertiary/aromatic N) is 1. The summed E-state index contributed by atoms with van der Waals surface area (Å²) in [7, 11) is 0. The fourth-order valence-electron chi connectivity index (χ4n) is 2.12. The Labute approximate surface area is 122 Å². The highest BCUT2D eigenvalue weighted by Gasteiger charge is 2.18. The van der Waals surface area contributed by atoms with E-state index in [0.717, 1.165) is 6.07 Å². The Morgan fingerprint density at radius 1 is 1.09 bits per heavy atom. The summed E-state index contributed by atoms with van der Waals surface area (Å²) in [4.78, 5) is 18.6. The zero-order valence-electron chi connectivity index (χ0n) is 11.0. The van der Waals surface area contributed by atoms with Crippen LogP contribution in [0.15, 0.2) is 47.3 Å². The molecule has 7 heteroatoms. The van der Waals surface area contributed by atoms with Gasteiger partial charge in [0.2, 0.25) is 0 Å². The lowest BCUT2D eigenvalue weighted by Crippen LogP contribution is -2.11. The minimum atomic E-state index is -3.19. The van der Waals surface area contributed by atoms with Gasteiger partial charge in [0, 0.05) is 0 Å². The monoisotopic (exact) mass is 306 g/mol. The highest BCUT2D eigenvalue weighted by Crippen LogP contribution is 2.31. The van der Waals surface area contributed by atoms with E-state index in [1.807, 2.05) is 0 Å². The molecule has 4 nitrogen and oxygen atoms in total. The molecular formula is C15H9F3N2O2. The Balaban J connectivity index is 2.24. The third kappa shape index (κ3) is 2.52. The lowest BCUT2D eigenvalue weighted by atomic mass is 10.1. The molecular weight excluding hydrogens is 297 g/mol. The van der Waals surface area contributed by atoms with E-state index < -0.39 is 23.7 Å². The summed E-state index contributed by atoms with van der Waals surface area (Å²) in [6, 6.07) is 10.2. The SMILES string of the molecule is O=c1[nH]c(-c2cccc(F)c2OC(F)F)nc2ccccc12. The van der Waals surface area contributed by atoms with Gasteiger partial charge < -0.3 is 9.72 Å². The molecule has 3 aromatic rings. The van der Waals surface area contributed by atoms with Crippen molar-refractivity contribution in [1.82, 2.24) is 9.97 Å². The Kier molecular flexibility index (Phi) is 3.54. The maximum atomic E-state index is 13.7. The number of aromatic amines is 1. The number of fused-ring (bicyclic) bond motifs is 1. The predicted octanol–water partition coefficient (Wildman–Crippen LogP) is 3.33. The van der Waals surface area contributed by atoms with Crippen molar-refractivity contribution in [2.45, 2.75) is 6.61 Å². The maximum Gasteiger partial charge on any atom is 0.387 e. The molecule has 0 fully saturated rings. The van der Waals surface area contributed by atoms with Crippen LogP contribution in [-0.4, -0.2) is 16.6 Å². The number of ether oxygens (including phenoxy) is 1. The first-order valence-electron chi connectivity index (χ1n) is 6.29. The summed E-state index contributed by atoms with van der Waals surface area (Å²) in [5, 5.41) is 0.346. The molecule has 0 aliphatic carbocycles. The fourth-order valence-corrected chi connectivity index (χ4v) is 2.12. The van der Waals surface area contributed by atoms with Crippen LogP contribution in [-0.2, 0) is 0 Å². The topological polar surface area (TPSA) is 55.0 Å². The molecule has 0 aliphatic rings. The van der Waals surface area contributed by atoms with Gasteiger partial charge in [-0.2, -0.15) is 8.78 Å². The van der Waals surface area contributed by atoms with Gasteiger partial charge in [-0.05, 0) is 24.3 Å². The molecule has 1 heterocycles. The molecule has 0 spiro atoms. The van der Waals surface area contributed by atoms with Crippen LogP contribution in [0.3, 0.4) is 0 Å². The first kappa shape index (κ1) is 14.1. The van der Waals surface area contributed by atoms with Crippen molar-refractivity contribution in [3.05, 3.63) is 58.6 Å². The van der Waals surface area contributed by atoms with E-state index in [1.165, 1.54) is 12.1 Å². The molecule has 2 aromatic carbocycles. The number of nitrogens with one attached hydrogen (secondary N) is 1. The average molecular weight is 306 g/mol. The van der Waals surface area contributed by atoms with E-state index in [1.54, 1.807) is 24.3 Å². The third-order valence-corrected chi connectivity index (χ3v) is 3.04. The molecule has 0 atom stereocenters. The number of alkyl halides is 2. The number of benzene rings is 2. The molecule has 112 valence electrons. The number of aromatic nitrogens is 2. The minimum Gasteiger partial charge on any atom is -0.431 e. The van der Waals surface area contributed by atoms with Crippen molar-refractivity contribution in [2.24, 2.45) is 0 Å². The van der Waals surface area contributed by atoms with Crippen molar-refractivity contribution >= 4 is 10.9 Å². The third-order valence-electron chi connectivity index (χ3n) is 3.04. The van der Waals surface area contributed by atoms with E-state index in [2.05, 4.69) is 14.7 Å². The molecule has 3 rings (SSSR count). The first-order chi connectivity index (χ1) is 10.6. The second kappa shape index (κ2) is 5.51. The second-order valence-electron chi connectivity index (χ2n) is 4.43. The van der Waals surface area contributed by atoms with Crippen LogP contribution in [0.25, 0.3) is 22.3 Å². The molecule has 0 unspecified atom stereocenters. The van der Waals surface area contributed by atoms with Crippen LogP contribution < -0.4 is 10.3 Å². The van der Waals surface area contributed by atoms with Crippen LogP contribution in [0.5, 0.6) is 5.75 Å². The van der Waals surface area contributed by atoms with Gasteiger partial charge in [0.05, 0.1) is 16.5 Å². The lowest BCUT2D eigenvalue weighted by Gasteiger charge is -2.11. The fraction of sp³-hybridized carbons (Fsp3) is 0.0667. The summed E-state index contributed by atoms with van der Waals surface area (Å²) < 4.78 is 42.8. The van der Waals surface area contributed by atoms with Crippen molar-refractivity contribution < 1.29 is 17.9 Å². The van der Waals surface area contributed by atoms with E-state index in [9.17, 15) is 18.0 Å². The number of halogens is 3. The standard InChI is InChI=1S/C15H9F3N2O2/c16-10-6-3-5-9(12(10)22-15(17)18)13-19-11-7-2-1-4-8(11)14(21)20-13/h1-7,15H,(H,19,20,21). The molecule has 0 aliphatic heterocycles. The Hall–Kier alpha value is -2.83. The number of hydrogen-bond donors (Lipinski definition) is 1. The van der Waals surface area contributed by atoms with Gasteiger partial charge in [0.1, 0.15) is 5.82 Å². The van der Waals surface area contributed by atoms with Crippen molar-refractivity contribution in [3.63, 3.8) is 0 Å². The average Bonchev–Trinajstić information content (AvgIpc) is 2.49. The molecule has 1 N–H and O–H groups in total. The second-order valence-corrected chi connectivity index (χ2v) is 4.43. The largest absolute Gasteiger partial charge is 0.431 e. The molecule has 0 amide bonds. The van der Waals surface area contributed by atoms with Gasteiger partial charge in [-0.15, -0.1) is 0 Å². The Morgan fingerprint density at radius 2 is 1.86 bits per heavy atom. The number of H-pyrrole nitrogens is 1. The van der Waals surface area contributed by atoms with E-state index >= 15 is 0 Å². The van der Waals surface area contributed by atoms with Gasteiger partial charge in [-0.25, -0.2) is 9.37 Å². The number of para-hydroxylation sites is 2. The van der Waals surface area contributed by atoms with Crippen molar-refractivity contribution in [1.29, 1.82) is 0 Å². The summed E-state index contributed by atoms with van der Waals surface area (Å²) in [5.41, 5.74) is -0.135. The Morgan fingerprint density at radius 3 is 2.64 bits per heavy atom. The predicted molar refractivity (Wildman–Crippen MR) is 74.4 cm³/mol. The molecule has 0 saturated carbocycles. The smallest absolute Gasteiger partial charge is 0.387 e. The van der Waals surface area contributed by atoms with Crippen LogP contribution >= 0.6 is 0 Å². The van der Waals surface area contributed by atoms with Crippen molar-refractivity contribution in [3.8, 4) is 17.1 Å². The summed E-state index contributed by atoms with van der Waals surface area (Å²) in [5.74, 6) is -1.66. The molecule has 0 radical (unpaired) electrons. The molecule has 22 heavy (non-hydrogen) atoms. The van der Waals surface area contributed by atoms with Crippen LogP contribution in [0.4, 0.5) is 13.2 Å². The number of hydrogen-bond acceptors (Lipinski definition) is 3. The normalized spacial score (nSPS) is 11.1. The van der Waals surface area contributed by atoms with E-state index in [-0.39, 0.29) is 11.4 Å². The minimum absolute atomic E-state index is 0.0427. The molecule has 1 aromatic heterocycles. The van der Waals surface area contributed by atoms with E-state index in [4.69, 9.17) is 0 Å². The zero-order valence-corrected chi connectivity index (χ0v) is 11.0. The van der Waals surface area contributed by atoms with E-state index in [0.29, 0.717) is 10.9 Å². The lowest BCUT2D eigenvalue weighted by molar-refractivity contribution is -0.0517. The highest BCUT2D eigenvalue weighted by molar-refractivity contribution is 5.80. The summed E-state index contributed by atoms with van der Waals surface area (Å²) in [6.07, 6.45) is 0.